The maximum absolute atomic E-state index is 12.1. The van der Waals surface area contributed by atoms with Crippen molar-refractivity contribution < 1.29 is 28.2 Å². The van der Waals surface area contributed by atoms with E-state index in [0.29, 0.717) is 25.9 Å². The van der Waals surface area contributed by atoms with Crippen LogP contribution in [-0.4, -0.2) is 45.4 Å². The summed E-state index contributed by atoms with van der Waals surface area (Å²) in [6.07, 6.45) is 20.0. The van der Waals surface area contributed by atoms with Crippen LogP contribution in [0.2, 0.25) is 5.04 Å². The zero-order valence-electron chi connectivity index (χ0n) is 28.2. The van der Waals surface area contributed by atoms with Crippen LogP contribution < -0.4 is 10.4 Å². The van der Waals surface area contributed by atoms with Crippen LogP contribution in [0.5, 0.6) is 0 Å². The Kier molecular flexibility index (Phi) is 15.3. The van der Waals surface area contributed by atoms with E-state index in [0.717, 1.165) is 25.7 Å². The van der Waals surface area contributed by atoms with E-state index in [1.54, 1.807) is 0 Å². The van der Waals surface area contributed by atoms with Crippen LogP contribution in [0.4, 0.5) is 4.79 Å². The fourth-order valence-corrected chi connectivity index (χ4v) is 10.5. The van der Waals surface area contributed by atoms with Crippen LogP contribution in [0.1, 0.15) is 79.6 Å². The summed E-state index contributed by atoms with van der Waals surface area (Å²) in [5.41, 5.74) is 0. The molecule has 0 saturated carbocycles. The molecular formula is C39H52O6Si. The monoisotopic (exact) mass is 644 g/mol. The Morgan fingerprint density at radius 1 is 0.848 bits per heavy atom. The van der Waals surface area contributed by atoms with E-state index >= 15 is 0 Å². The first-order chi connectivity index (χ1) is 22.2. The number of cyclic esters (lactones) is 2. The average molecular weight is 645 g/mol. The predicted molar refractivity (Wildman–Crippen MR) is 189 cm³/mol. The lowest BCUT2D eigenvalue weighted by atomic mass is 10.1. The molecule has 46 heavy (non-hydrogen) atoms. The Morgan fingerprint density at radius 3 is 2.04 bits per heavy atom. The van der Waals surface area contributed by atoms with Crippen molar-refractivity contribution in [1.82, 2.24) is 0 Å². The third kappa shape index (κ3) is 11.0. The van der Waals surface area contributed by atoms with Crippen molar-refractivity contribution in [3.63, 3.8) is 0 Å². The van der Waals surface area contributed by atoms with E-state index in [1.807, 2.05) is 61.6 Å². The number of carbonyl (C=O) groups is 2. The first-order valence-corrected chi connectivity index (χ1v) is 18.6. The van der Waals surface area contributed by atoms with Gasteiger partial charge in [-0.2, -0.15) is 0 Å². The van der Waals surface area contributed by atoms with Gasteiger partial charge in [0.15, 0.2) is 6.10 Å². The number of carbonyl (C=O) groups excluding carboxylic acids is 2. The topological polar surface area (TPSA) is 71.1 Å². The second kappa shape index (κ2) is 19.1. The molecule has 3 rings (SSSR count). The summed E-state index contributed by atoms with van der Waals surface area (Å²) in [6, 6.07) is 21.2. The largest absolute Gasteiger partial charge is 0.509 e. The molecule has 0 spiro atoms. The van der Waals surface area contributed by atoms with Gasteiger partial charge in [0, 0.05) is 6.42 Å². The molecule has 1 aliphatic heterocycles. The highest BCUT2D eigenvalue weighted by Crippen LogP contribution is 2.38. The van der Waals surface area contributed by atoms with E-state index in [2.05, 4.69) is 82.3 Å². The number of unbranched alkanes of at least 4 members (excludes halogenated alkanes) is 2. The summed E-state index contributed by atoms with van der Waals surface area (Å²) in [4.78, 5) is 23.8. The first kappa shape index (κ1) is 36.8. The summed E-state index contributed by atoms with van der Waals surface area (Å²) in [7, 11) is -2.79. The van der Waals surface area contributed by atoms with Crippen LogP contribution in [0, 0.1) is 0 Å². The van der Waals surface area contributed by atoms with Crippen LogP contribution >= 0.6 is 0 Å². The van der Waals surface area contributed by atoms with Crippen molar-refractivity contribution in [2.45, 2.75) is 103 Å². The van der Waals surface area contributed by atoms with Crippen LogP contribution in [-0.2, 0) is 23.4 Å². The summed E-state index contributed by atoms with van der Waals surface area (Å²) in [5.74, 6) is -0.181. The molecule has 6 nitrogen and oxygen atoms in total. The van der Waals surface area contributed by atoms with Crippen LogP contribution in [0.25, 0.3) is 0 Å². The smallest absolute Gasteiger partial charge is 0.466 e. The molecule has 1 heterocycles. The molecule has 2 aromatic carbocycles. The van der Waals surface area contributed by atoms with E-state index in [9.17, 15) is 9.59 Å². The Labute approximate surface area is 277 Å². The SMILES string of the molecule is CCCCC[C@@H]1OC(=O)O[C@@H]1/C=C/C=C/C=C/C=C/[C@H](CCCC(=O)OCC)O[Si](c1ccccc1)(c1ccccc1)C(C)(C)C. The van der Waals surface area contributed by atoms with Crippen LogP contribution in [0.15, 0.2) is 109 Å². The normalized spacial score (nSPS) is 18.1. The molecule has 3 atom stereocenters. The minimum Gasteiger partial charge on any atom is -0.466 e. The molecule has 1 aliphatic rings. The van der Waals surface area contributed by atoms with Crippen molar-refractivity contribution in [3.8, 4) is 0 Å². The molecular weight excluding hydrogens is 593 g/mol. The molecule has 0 amide bonds. The summed E-state index contributed by atoms with van der Waals surface area (Å²) in [5, 5.41) is 2.27. The van der Waals surface area contributed by atoms with Crippen LogP contribution in [0.3, 0.4) is 0 Å². The van der Waals surface area contributed by atoms with Crippen molar-refractivity contribution in [2.75, 3.05) is 6.61 Å². The molecule has 0 N–H and O–H groups in total. The number of ether oxygens (including phenoxy) is 3. The molecule has 0 bridgehead atoms. The summed E-state index contributed by atoms with van der Waals surface area (Å²) >= 11 is 0. The summed E-state index contributed by atoms with van der Waals surface area (Å²) in [6.45, 7) is 11.2. The van der Waals surface area contributed by atoms with Gasteiger partial charge in [0.2, 0.25) is 0 Å². The molecule has 1 fully saturated rings. The third-order valence-electron chi connectivity index (χ3n) is 8.04. The van der Waals surface area contributed by atoms with Gasteiger partial charge in [-0.25, -0.2) is 4.79 Å². The molecule has 0 aromatic heterocycles. The first-order valence-electron chi connectivity index (χ1n) is 16.7. The Morgan fingerprint density at radius 2 is 1.46 bits per heavy atom. The van der Waals surface area contributed by atoms with Gasteiger partial charge in [0.25, 0.3) is 8.32 Å². The Hall–Kier alpha value is -3.68. The second-order valence-corrected chi connectivity index (χ2v) is 16.8. The number of benzene rings is 2. The van der Waals surface area contributed by atoms with Gasteiger partial charge in [0.05, 0.1) is 12.7 Å². The zero-order chi connectivity index (χ0) is 33.3. The highest BCUT2D eigenvalue weighted by atomic mass is 28.4. The highest BCUT2D eigenvalue weighted by Gasteiger charge is 2.51. The fourth-order valence-electron chi connectivity index (χ4n) is 5.80. The number of hydrogen-bond donors (Lipinski definition) is 0. The van der Waals surface area contributed by atoms with E-state index in [-0.39, 0.29) is 29.3 Å². The Bertz CT molecular complexity index is 1270. The lowest BCUT2D eigenvalue weighted by molar-refractivity contribution is -0.143. The van der Waals surface area contributed by atoms with E-state index < -0.39 is 14.5 Å². The summed E-state index contributed by atoms with van der Waals surface area (Å²) < 4.78 is 23.2. The highest BCUT2D eigenvalue weighted by molar-refractivity contribution is 6.99. The standard InChI is InChI=1S/C39H52O6Si/c1-6-8-15-29-35-36(44-38(41)43-35)30-21-12-10-9-11-16-23-32(24-22-31-37(40)42-7-2)45-46(39(3,4)5,33-25-17-13-18-26-33)34-27-19-14-20-28-34/h9-14,16-21,23,25-28,30,32,35-36H,6-8,15,22,24,29,31H2,1-5H3/b11-9+,12-10+,23-16+,30-21+/t32-,35+,36-/m1/s1. The Balaban J connectivity index is 1.78. The minimum absolute atomic E-state index is 0.165. The van der Waals surface area contributed by atoms with Gasteiger partial charge in [-0.15, -0.1) is 0 Å². The fraction of sp³-hybridized carbons (Fsp3) is 0.436. The van der Waals surface area contributed by atoms with Gasteiger partial charge in [-0.3, -0.25) is 4.79 Å². The molecule has 0 radical (unpaired) electrons. The molecule has 7 heteroatoms. The molecule has 0 aliphatic carbocycles. The molecule has 2 aromatic rings. The minimum atomic E-state index is -2.79. The van der Waals surface area contributed by atoms with Crippen molar-refractivity contribution in [2.24, 2.45) is 0 Å². The maximum atomic E-state index is 12.1. The molecule has 248 valence electrons. The van der Waals surface area contributed by atoms with Crippen molar-refractivity contribution >= 4 is 30.8 Å². The van der Waals surface area contributed by atoms with E-state index in [4.69, 9.17) is 18.6 Å². The quantitative estimate of drug-likeness (QED) is 0.0703. The van der Waals surface area contributed by atoms with Crippen molar-refractivity contribution in [3.05, 3.63) is 109 Å². The third-order valence-corrected chi connectivity index (χ3v) is 13.1. The van der Waals surface area contributed by atoms with Gasteiger partial charge < -0.3 is 18.6 Å². The zero-order valence-corrected chi connectivity index (χ0v) is 29.2. The van der Waals surface area contributed by atoms with Gasteiger partial charge in [-0.05, 0) is 54.1 Å². The van der Waals surface area contributed by atoms with Gasteiger partial charge >= 0.3 is 12.1 Å². The lowest BCUT2D eigenvalue weighted by Crippen LogP contribution is -2.67. The average Bonchev–Trinajstić information content (AvgIpc) is 3.39. The number of esters is 1. The van der Waals surface area contributed by atoms with Crippen molar-refractivity contribution in [1.29, 1.82) is 0 Å². The predicted octanol–water partition coefficient (Wildman–Crippen LogP) is 8.37. The lowest BCUT2D eigenvalue weighted by Gasteiger charge is -2.44. The number of rotatable bonds is 18. The van der Waals surface area contributed by atoms with Gasteiger partial charge in [-0.1, -0.05) is 144 Å². The maximum Gasteiger partial charge on any atom is 0.509 e. The van der Waals surface area contributed by atoms with E-state index in [1.165, 1.54) is 10.4 Å². The van der Waals surface area contributed by atoms with Gasteiger partial charge in [0.1, 0.15) is 6.10 Å². The molecule has 0 unspecified atom stereocenters. The number of hydrogen-bond acceptors (Lipinski definition) is 6. The number of allylic oxidation sites excluding steroid dienone is 6. The molecule has 1 saturated heterocycles. The second-order valence-electron chi connectivity index (χ2n) is 12.5.